The highest BCUT2D eigenvalue weighted by Crippen LogP contribution is 2.17. The third-order valence-electron chi connectivity index (χ3n) is 4.83. The minimum Gasteiger partial charge on any atom is -0.368 e. The summed E-state index contributed by atoms with van der Waals surface area (Å²) in [4.78, 5) is 9.21. The van der Waals surface area contributed by atoms with Gasteiger partial charge in [0.15, 0.2) is 15.8 Å². The van der Waals surface area contributed by atoms with E-state index in [4.69, 9.17) is 0 Å². The number of piperazine rings is 1. The molecule has 0 spiro atoms. The van der Waals surface area contributed by atoms with Crippen molar-refractivity contribution in [2.75, 3.05) is 49.9 Å². The van der Waals surface area contributed by atoms with Crippen LogP contribution < -0.4 is 10.2 Å². The lowest BCUT2D eigenvalue weighted by Gasteiger charge is -2.37. The Labute approximate surface area is 195 Å². The van der Waals surface area contributed by atoms with E-state index in [0.29, 0.717) is 11.4 Å². The largest absolute Gasteiger partial charge is 0.368 e. The maximum Gasteiger partial charge on any atom is 0.194 e. The van der Waals surface area contributed by atoms with Crippen LogP contribution in [0.15, 0.2) is 64.5 Å². The highest BCUT2D eigenvalue weighted by molar-refractivity contribution is 14.0. The Kier molecular flexibility index (Phi) is 9.35. The lowest BCUT2D eigenvalue weighted by Crippen LogP contribution is -2.52. The van der Waals surface area contributed by atoms with Gasteiger partial charge in [0.25, 0.3) is 0 Å². The Morgan fingerprint density at radius 2 is 1.67 bits per heavy atom. The summed E-state index contributed by atoms with van der Waals surface area (Å²) < 4.78 is 38.0. The van der Waals surface area contributed by atoms with Gasteiger partial charge in [0.2, 0.25) is 0 Å². The summed E-state index contributed by atoms with van der Waals surface area (Å²) in [6.07, 6.45) is 0. The first-order valence-corrected chi connectivity index (χ1v) is 11.5. The van der Waals surface area contributed by atoms with Crippen molar-refractivity contribution >= 4 is 45.5 Å². The summed E-state index contributed by atoms with van der Waals surface area (Å²) in [5.74, 6) is 0.468. The van der Waals surface area contributed by atoms with Gasteiger partial charge in [-0.15, -0.1) is 24.0 Å². The third kappa shape index (κ3) is 6.56. The second kappa shape index (κ2) is 11.5. The van der Waals surface area contributed by atoms with Crippen LogP contribution in [0.1, 0.15) is 6.92 Å². The minimum absolute atomic E-state index is 0. The molecule has 0 saturated carbocycles. The molecule has 1 fully saturated rings. The fourth-order valence-electron chi connectivity index (χ4n) is 3.27. The van der Waals surface area contributed by atoms with Crippen molar-refractivity contribution in [3.05, 3.63) is 60.4 Å². The molecule has 2 aromatic rings. The molecule has 1 saturated heterocycles. The van der Waals surface area contributed by atoms with Gasteiger partial charge in [-0.25, -0.2) is 12.8 Å². The normalized spacial score (nSPS) is 14.9. The molecule has 9 heteroatoms. The van der Waals surface area contributed by atoms with Crippen LogP contribution in [-0.2, 0) is 9.84 Å². The van der Waals surface area contributed by atoms with Crippen molar-refractivity contribution in [3.63, 3.8) is 0 Å². The zero-order chi connectivity index (χ0) is 20.7. The first-order valence-electron chi connectivity index (χ1n) is 9.81. The second-order valence-electron chi connectivity index (χ2n) is 6.82. The Hall–Kier alpha value is -1.88. The number of sulfone groups is 1. The van der Waals surface area contributed by atoms with E-state index < -0.39 is 9.84 Å². The molecule has 1 N–H and O–H groups in total. The summed E-state index contributed by atoms with van der Waals surface area (Å²) in [5.41, 5.74) is 1.00. The van der Waals surface area contributed by atoms with Gasteiger partial charge in [0.05, 0.1) is 17.2 Å². The predicted molar refractivity (Wildman–Crippen MR) is 130 cm³/mol. The maximum absolute atomic E-state index is 13.1. The van der Waals surface area contributed by atoms with Gasteiger partial charge >= 0.3 is 0 Å². The average Bonchev–Trinajstić information content (AvgIpc) is 2.74. The number of nitrogens with zero attached hydrogens (tertiary/aromatic N) is 3. The summed E-state index contributed by atoms with van der Waals surface area (Å²) in [6, 6.07) is 15.0. The topological polar surface area (TPSA) is 65.0 Å². The Morgan fingerprint density at radius 1 is 1.03 bits per heavy atom. The van der Waals surface area contributed by atoms with Crippen LogP contribution in [0.5, 0.6) is 0 Å². The van der Waals surface area contributed by atoms with Crippen molar-refractivity contribution in [2.45, 2.75) is 11.8 Å². The molecule has 30 heavy (non-hydrogen) atoms. The molecule has 0 aliphatic carbocycles. The predicted octanol–water partition coefficient (Wildman–Crippen LogP) is 3.01. The van der Waals surface area contributed by atoms with Crippen molar-refractivity contribution in [1.82, 2.24) is 10.2 Å². The van der Waals surface area contributed by atoms with Crippen molar-refractivity contribution in [1.29, 1.82) is 0 Å². The van der Waals surface area contributed by atoms with Gasteiger partial charge < -0.3 is 15.1 Å². The molecule has 1 heterocycles. The monoisotopic (exact) mass is 546 g/mol. The first kappa shape index (κ1) is 24.4. The summed E-state index contributed by atoms with van der Waals surface area (Å²) in [7, 11) is -3.34. The molecule has 0 amide bonds. The van der Waals surface area contributed by atoms with E-state index in [0.717, 1.165) is 37.8 Å². The van der Waals surface area contributed by atoms with Crippen molar-refractivity contribution in [3.8, 4) is 0 Å². The lowest BCUT2D eigenvalue weighted by atomic mass is 10.2. The standard InChI is InChI=1S/C21H27FN4O2S.HI/c1-2-23-21(24-12-17-29(27,28)20-6-4-3-5-7-20)26-15-13-25(14-16-26)19-10-8-18(22)9-11-19;/h3-11H,2,12-17H2,1H3,(H,23,24);1H. The fourth-order valence-corrected chi connectivity index (χ4v) is 4.41. The minimum atomic E-state index is -3.34. The van der Waals surface area contributed by atoms with E-state index in [2.05, 4.69) is 20.1 Å². The van der Waals surface area contributed by atoms with Gasteiger partial charge in [0, 0.05) is 38.4 Å². The van der Waals surface area contributed by atoms with Crippen LogP contribution >= 0.6 is 24.0 Å². The molecule has 0 radical (unpaired) electrons. The molecular formula is C21H28FIN4O2S. The van der Waals surface area contributed by atoms with Crippen LogP contribution in [0.3, 0.4) is 0 Å². The number of guanidine groups is 1. The number of aliphatic imine (C=N–C) groups is 1. The van der Waals surface area contributed by atoms with Gasteiger partial charge in [0.1, 0.15) is 5.82 Å². The van der Waals surface area contributed by atoms with Gasteiger partial charge in [-0.1, -0.05) is 18.2 Å². The molecule has 3 rings (SSSR count). The molecule has 1 aliphatic heterocycles. The van der Waals surface area contributed by atoms with Gasteiger partial charge in [-0.2, -0.15) is 0 Å². The smallest absolute Gasteiger partial charge is 0.194 e. The number of benzene rings is 2. The average molecular weight is 546 g/mol. The van der Waals surface area contributed by atoms with Crippen LogP contribution in [0, 0.1) is 5.82 Å². The van der Waals surface area contributed by atoms with Crippen LogP contribution in [-0.4, -0.2) is 64.3 Å². The molecule has 2 aromatic carbocycles. The summed E-state index contributed by atoms with van der Waals surface area (Å²) >= 11 is 0. The number of nitrogens with one attached hydrogen (secondary N) is 1. The van der Waals surface area contributed by atoms with Gasteiger partial charge in [-0.05, 0) is 43.3 Å². The van der Waals surface area contributed by atoms with E-state index in [1.165, 1.54) is 12.1 Å². The maximum atomic E-state index is 13.1. The number of rotatable bonds is 6. The van der Waals surface area contributed by atoms with Gasteiger partial charge in [-0.3, -0.25) is 4.99 Å². The van der Waals surface area contributed by atoms with Crippen LogP contribution in [0.4, 0.5) is 10.1 Å². The van der Waals surface area contributed by atoms with E-state index in [9.17, 15) is 12.8 Å². The van der Waals surface area contributed by atoms with E-state index in [1.54, 1.807) is 42.5 Å². The first-order chi connectivity index (χ1) is 14.0. The van der Waals surface area contributed by atoms with Crippen molar-refractivity contribution < 1.29 is 12.8 Å². The summed E-state index contributed by atoms with van der Waals surface area (Å²) in [6.45, 7) is 6.01. The molecule has 1 aliphatic rings. The quantitative estimate of drug-likeness (QED) is 0.343. The van der Waals surface area contributed by atoms with E-state index in [1.807, 2.05) is 6.92 Å². The van der Waals surface area contributed by atoms with Crippen LogP contribution in [0.2, 0.25) is 0 Å². The fraction of sp³-hybridized carbons (Fsp3) is 0.381. The number of anilines is 1. The molecule has 164 valence electrons. The zero-order valence-corrected chi connectivity index (χ0v) is 20.1. The Balaban J connectivity index is 0.00000320. The molecule has 0 bridgehead atoms. The van der Waals surface area contributed by atoms with E-state index in [-0.39, 0.29) is 42.1 Å². The highest BCUT2D eigenvalue weighted by atomic mass is 127. The lowest BCUT2D eigenvalue weighted by molar-refractivity contribution is 0.373. The zero-order valence-electron chi connectivity index (χ0n) is 17.0. The molecule has 0 aromatic heterocycles. The SMILES string of the molecule is CCNC(=NCCS(=O)(=O)c1ccccc1)N1CCN(c2ccc(F)cc2)CC1.I. The third-order valence-corrected chi connectivity index (χ3v) is 6.54. The summed E-state index contributed by atoms with van der Waals surface area (Å²) in [5, 5.41) is 3.25. The van der Waals surface area contributed by atoms with Crippen molar-refractivity contribution in [2.24, 2.45) is 4.99 Å². The Morgan fingerprint density at radius 3 is 2.27 bits per heavy atom. The second-order valence-corrected chi connectivity index (χ2v) is 8.93. The number of hydrogen-bond acceptors (Lipinski definition) is 4. The molecule has 0 unspecified atom stereocenters. The van der Waals surface area contributed by atoms with Crippen LogP contribution in [0.25, 0.3) is 0 Å². The van der Waals surface area contributed by atoms with E-state index >= 15 is 0 Å². The molecule has 6 nitrogen and oxygen atoms in total. The number of hydrogen-bond donors (Lipinski definition) is 1. The highest BCUT2D eigenvalue weighted by Gasteiger charge is 2.20. The molecular weight excluding hydrogens is 518 g/mol. The number of halogens is 2. The Bertz CT molecular complexity index is 916. The molecule has 0 atom stereocenters.